The Hall–Kier alpha value is -1.82. The summed E-state index contributed by atoms with van der Waals surface area (Å²) in [5, 5.41) is 0. The number of hydrogen-bond donors (Lipinski definition) is 1. The second-order valence-electron chi connectivity index (χ2n) is 4.86. The highest BCUT2D eigenvalue weighted by Crippen LogP contribution is 2.23. The fourth-order valence-corrected chi connectivity index (χ4v) is 2.07. The van der Waals surface area contributed by atoms with Crippen molar-refractivity contribution in [2.24, 2.45) is 5.73 Å². The summed E-state index contributed by atoms with van der Waals surface area (Å²) in [6.45, 7) is 2.17. The van der Waals surface area contributed by atoms with Crippen LogP contribution in [-0.4, -0.2) is 38.1 Å². The van der Waals surface area contributed by atoms with Crippen LogP contribution in [0, 0.1) is 0 Å². The van der Waals surface area contributed by atoms with Crippen molar-refractivity contribution in [2.75, 3.05) is 27.2 Å². The topological polar surface area (TPSA) is 68.7 Å². The molecular formula is C16H21ClN2O3. The zero-order chi connectivity index (χ0) is 15.2. The smallest absolute Gasteiger partial charge is 0.337 e. The number of furan rings is 1. The molecule has 0 atom stereocenters. The first-order valence-corrected chi connectivity index (χ1v) is 6.80. The first-order valence-electron chi connectivity index (χ1n) is 6.80. The third kappa shape index (κ3) is 4.59. The number of carbonyl (C=O) groups excluding carboxylic acids is 1. The number of methoxy groups -OCH3 is 1. The molecule has 120 valence electrons. The van der Waals surface area contributed by atoms with Gasteiger partial charge in [0.25, 0.3) is 0 Å². The van der Waals surface area contributed by atoms with Crippen LogP contribution in [0.15, 0.2) is 40.8 Å². The van der Waals surface area contributed by atoms with Crippen LogP contribution in [0.2, 0.25) is 0 Å². The molecule has 1 aromatic heterocycles. The zero-order valence-electron chi connectivity index (χ0n) is 12.7. The number of rotatable bonds is 6. The lowest BCUT2D eigenvalue weighted by atomic mass is 10.1. The number of carbonyl (C=O) groups is 1. The van der Waals surface area contributed by atoms with E-state index in [0.29, 0.717) is 12.1 Å². The van der Waals surface area contributed by atoms with E-state index >= 15 is 0 Å². The van der Waals surface area contributed by atoms with Crippen LogP contribution in [0.4, 0.5) is 0 Å². The van der Waals surface area contributed by atoms with Crippen LogP contribution < -0.4 is 5.73 Å². The molecule has 0 radical (unpaired) electrons. The molecule has 0 amide bonds. The maximum atomic E-state index is 11.4. The number of ether oxygens (including phenoxy) is 1. The minimum Gasteiger partial charge on any atom is -0.465 e. The third-order valence-corrected chi connectivity index (χ3v) is 3.19. The van der Waals surface area contributed by atoms with E-state index in [0.717, 1.165) is 30.2 Å². The van der Waals surface area contributed by atoms with Crippen LogP contribution >= 0.6 is 12.4 Å². The highest BCUT2D eigenvalue weighted by atomic mass is 35.5. The van der Waals surface area contributed by atoms with Gasteiger partial charge >= 0.3 is 5.97 Å². The number of esters is 1. The summed E-state index contributed by atoms with van der Waals surface area (Å²) in [5.41, 5.74) is 6.97. The molecule has 1 heterocycles. The van der Waals surface area contributed by atoms with Gasteiger partial charge in [0.05, 0.1) is 19.2 Å². The maximum Gasteiger partial charge on any atom is 0.337 e. The van der Waals surface area contributed by atoms with Gasteiger partial charge in [-0.05, 0) is 31.3 Å². The number of halogens is 1. The number of nitrogens with two attached hydrogens (primary N) is 1. The largest absolute Gasteiger partial charge is 0.465 e. The molecule has 0 bridgehead atoms. The maximum absolute atomic E-state index is 11.4. The fourth-order valence-electron chi connectivity index (χ4n) is 2.07. The van der Waals surface area contributed by atoms with Crippen molar-refractivity contribution in [1.82, 2.24) is 4.90 Å². The molecule has 0 saturated carbocycles. The molecular weight excluding hydrogens is 304 g/mol. The normalized spacial score (nSPS) is 10.4. The molecule has 2 rings (SSSR count). The summed E-state index contributed by atoms with van der Waals surface area (Å²) in [7, 11) is 3.37. The predicted molar refractivity (Wildman–Crippen MR) is 88.1 cm³/mol. The minimum atomic E-state index is -0.343. The summed E-state index contributed by atoms with van der Waals surface area (Å²) in [6.07, 6.45) is 0. The van der Waals surface area contributed by atoms with Gasteiger partial charge in [-0.15, -0.1) is 12.4 Å². The van der Waals surface area contributed by atoms with Crippen molar-refractivity contribution < 1.29 is 13.9 Å². The lowest BCUT2D eigenvalue weighted by molar-refractivity contribution is 0.0600. The molecule has 0 aliphatic heterocycles. The summed E-state index contributed by atoms with van der Waals surface area (Å²) < 4.78 is 10.5. The molecule has 0 saturated heterocycles. The predicted octanol–water partition coefficient (Wildman–Crippen LogP) is 2.55. The van der Waals surface area contributed by atoms with E-state index in [1.165, 1.54) is 7.11 Å². The van der Waals surface area contributed by atoms with E-state index in [-0.39, 0.29) is 18.4 Å². The van der Waals surface area contributed by atoms with Crippen molar-refractivity contribution in [3.05, 3.63) is 47.7 Å². The number of hydrogen-bond acceptors (Lipinski definition) is 5. The third-order valence-electron chi connectivity index (χ3n) is 3.19. The van der Waals surface area contributed by atoms with Gasteiger partial charge < -0.3 is 14.9 Å². The second kappa shape index (κ2) is 8.58. The molecule has 6 heteroatoms. The summed E-state index contributed by atoms with van der Waals surface area (Å²) >= 11 is 0. The van der Waals surface area contributed by atoms with Crippen molar-refractivity contribution in [2.45, 2.75) is 6.54 Å². The average molecular weight is 325 g/mol. The molecule has 2 N–H and O–H groups in total. The van der Waals surface area contributed by atoms with Crippen LogP contribution in [0.3, 0.4) is 0 Å². The van der Waals surface area contributed by atoms with Gasteiger partial charge in [-0.3, -0.25) is 4.90 Å². The molecule has 2 aromatic rings. The molecule has 0 fully saturated rings. The molecule has 0 unspecified atom stereocenters. The van der Waals surface area contributed by atoms with Gasteiger partial charge in [-0.1, -0.05) is 12.1 Å². The van der Waals surface area contributed by atoms with Gasteiger partial charge in [0.1, 0.15) is 11.5 Å². The molecule has 0 aliphatic carbocycles. The molecule has 1 aromatic carbocycles. The quantitative estimate of drug-likeness (QED) is 0.827. The van der Waals surface area contributed by atoms with Crippen molar-refractivity contribution in [3.8, 4) is 11.3 Å². The standard InChI is InChI=1S/C16H20N2O3.ClH/c1-18(10-9-17)11-14-7-8-15(21-14)12-3-5-13(6-4-12)16(19)20-2;/h3-8H,9-11,17H2,1-2H3;1H. The van der Waals surface area contributed by atoms with Gasteiger partial charge in [0.15, 0.2) is 0 Å². The van der Waals surface area contributed by atoms with Gasteiger partial charge in [0, 0.05) is 18.7 Å². The van der Waals surface area contributed by atoms with E-state index in [2.05, 4.69) is 9.64 Å². The fraction of sp³-hybridized carbons (Fsp3) is 0.312. The van der Waals surface area contributed by atoms with Crippen molar-refractivity contribution >= 4 is 18.4 Å². The van der Waals surface area contributed by atoms with Crippen LogP contribution in [0.25, 0.3) is 11.3 Å². The van der Waals surface area contributed by atoms with Gasteiger partial charge in [-0.25, -0.2) is 4.79 Å². The summed E-state index contributed by atoms with van der Waals surface area (Å²) in [4.78, 5) is 13.5. The number of nitrogens with zero attached hydrogens (tertiary/aromatic N) is 1. The lowest BCUT2D eigenvalue weighted by Gasteiger charge is -2.12. The zero-order valence-corrected chi connectivity index (χ0v) is 13.6. The van der Waals surface area contributed by atoms with Crippen LogP contribution in [0.5, 0.6) is 0 Å². The molecule has 22 heavy (non-hydrogen) atoms. The monoisotopic (exact) mass is 324 g/mol. The lowest BCUT2D eigenvalue weighted by Crippen LogP contribution is -2.24. The van der Waals surface area contributed by atoms with Gasteiger partial charge in [0.2, 0.25) is 0 Å². The first-order chi connectivity index (χ1) is 10.1. The van der Waals surface area contributed by atoms with E-state index in [1.54, 1.807) is 12.1 Å². The van der Waals surface area contributed by atoms with Crippen molar-refractivity contribution in [3.63, 3.8) is 0 Å². The molecule has 5 nitrogen and oxygen atoms in total. The number of benzene rings is 1. The highest BCUT2D eigenvalue weighted by molar-refractivity contribution is 5.89. The molecule has 0 aliphatic rings. The molecule has 0 spiro atoms. The van der Waals surface area contributed by atoms with Crippen LogP contribution in [0.1, 0.15) is 16.1 Å². The Morgan fingerprint density at radius 3 is 2.50 bits per heavy atom. The Morgan fingerprint density at radius 2 is 1.91 bits per heavy atom. The van der Waals surface area contributed by atoms with Crippen molar-refractivity contribution in [1.29, 1.82) is 0 Å². The Morgan fingerprint density at radius 1 is 1.23 bits per heavy atom. The second-order valence-corrected chi connectivity index (χ2v) is 4.86. The Bertz CT molecular complexity index is 596. The summed E-state index contributed by atoms with van der Waals surface area (Å²) in [5.74, 6) is 1.32. The van der Waals surface area contributed by atoms with E-state index < -0.39 is 0 Å². The van der Waals surface area contributed by atoms with Gasteiger partial charge in [-0.2, -0.15) is 0 Å². The SMILES string of the molecule is COC(=O)c1ccc(-c2ccc(CN(C)CCN)o2)cc1.Cl. The Labute approximate surface area is 136 Å². The number of likely N-dealkylation sites (N-methyl/N-ethyl adjacent to an activating group) is 1. The average Bonchev–Trinajstić information content (AvgIpc) is 2.95. The highest BCUT2D eigenvalue weighted by Gasteiger charge is 2.09. The Balaban J connectivity index is 0.00000242. The van der Waals surface area contributed by atoms with E-state index in [4.69, 9.17) is 10.2 Å². The first kappa shape index (κ1) is 18.2. The van der Waals surface area contributed by atoms with E-state index in [9.17, 15) is 4.79 Å². The van der Waals surface area contributed by atoms with Crippen LogP contribution in [-0.2, 0) is 11.3 Å². The van der Waals surface area contributed by atoms with E-state index in [1.807, 2.05) is 31.3 Å². The summed E-state index contributed by atoms with van der Waals surface area (Å²) in [6, 6.07) is 11.0. The minimum absolute atomic E-state index is 0. The Kier molecular flexibility index (Phi) is 7.11.